The highest BCUT2D eigenvalue weighted by Gasteiger charge is 2.20. The SMILES string of the molecule is N#Cc1cc(Br)ccc1NC1COCc2ccccc21. The first-order chi connectivity index (χ1) is 9.78. The molecule has 3 nitrogen and oxygen atoms in total. The topological polar surface area (TPSA) is 45.0 Å². The number of nitriles is 1. The van der Waals surface area contributed by atoms with Crippen molar-refractivity contribution in [2.45, 2.75) is 12.6 Å². The van der Waals surface area contributed by atoms with Gasteiger partial charge in [-0.25, -0.2) is 0 Å². The number of halogens is 1. The number of rotatable bonds is 2. The minimum Gasteiger partial charge on any atom is -0.375 e. The smallest absolute Gasteiger partial charge is 0.101 e. The zero-order chi connectivity index (χ0) is 13.9. The molecule has 0 fully saturated rings. The van der Waals surface area contributed by atoms with Crippen molar-refractivity contribution in [2.75, 3.05) is 11.9 Å². The highest BCUT2D eigenvalue weighted by atomic mass is 79.9. The molecule has 20 heavy (non-hydrogen) atoms. The summed E-state index contributed by atoms with van der Waals surface area (Å²) in [6.45, 7) is 1.26. The van der Waals surface area contributed by atoms with E-state index in [0.29, 0.717) is 18.8 Å². The Morgan fingerprint density at radius 3 is 2.95 bits per heavy atom. The summed E-state index contributed by atoms with van der Waals surface area (Å²) in [5.41, 5.74) is 3.90. The van der Waals surface area contributed by atoms with Gasteiger partial charge in [-0.15, -0.1) is 0 Å². The van der Waals surface area contributed by atoms with Crippen LogP contribution in [0.15, 0.2) is 46.9 Å². The lowest BCUT2D eigenvalue weighted by Gasteiger charge is -2.27. The van der Waals surface area contributed by atoms with Crippen LogP contribution in [0.2, 0.25) is 0 Å². The molecule has 0 bridgehead atoms. The monoisotopic (exact) mass is 328 g/mol. The fourth-order valence-corrected chi connectivity index (χ4v) is 2.79. The summed E-state index contributed by atoms with van der Waals surface area (Å²) in [6, 6.07) is 16.2. The van der Waals surface area contributed by atoms with E-state index in [9.17, 15) is 5.26 Å². The molecule has 0 amide bonds. The number of hydrogen-bond acceptors (Lipinski definition) is 3. The molecule has 0 spiro atoms. The number of benzene rings is 2. The average Bonchev–Trinajstić information content (AvgIpc) is 2.49. The van der Waals surface area contributed by atoms with Gasteiger partial charge in [0.25, 0.3) is 0 Å². The molecule has 1 atom stereocenters. The molecule has 1 heterocycles. The summed E-state index contributed by atoms with van der Waals surface area (Å²) in [6.07, 6.45) is 0. The van der Waals surface area contributed by atoms with Crippen LogP contribution in [0.25, 0.3) is 0 Å². The first kappa shape index (κ1) is 13.2. The number of fused-ring (bicyclic) bond motifs is 1. The molecule has 0 saturated heterocycles. The van der Waals surface area contributed by atoms with Crippen LogP contribution in [0.5, 0.6) is 0 Å². The molecule has 1 aliphatic heterocycles. The molecule has 3 rings (SSSR count). The van der Waals surface area contributed by atoms with E-state index in [1.54, 1.807) is 0 Å². The van der Waals surface area contributed by atoms with Gasteiger partial charge in [0, 0.05) is 4.47 Å². The van der Waals surface area contributed by atoms with Gasteiger partial charge in [-0.3, -0.25) is 0 Å². The maximum absolute atomic E-state index is 9.23. The third-order valence-electron chi connectivity index (χ3n) is 3.40. The average molecular weight is 329 g/mol. The van der Waals surface area contributed by atoms with Crippen molar-refractivity contribution in [3.63, 3.8) is 0 Å². The van der Waals surface area contributed by atoms with E-state index in [1.807, 2.05) is 30.3 Å². The normalized spacial score (nSPS) is 17.1. The fraction of sp³-hybridized carbons (Fsp3) is 0.188. The largest absolute Gasteiger partial charge is 0.375 e. The Morgan fingerprint density at radius 2 is 2.10 bits per heavy atom. The maximum Gasteiger partial charge on any atom is 0.101 e. The van der Waals surface area contributed by atoms with Crippen LogP contribution in [0.3, 0.4) is 0 Å². The molecule has 2 aromatic carbocycles. The predicted molar refractivity (Wildman–Crippen MR) is 81.3 cm³/mol. The first-order valence-corrected chi connectivity index (χ1v) is 7.19. The Morgan fingerprint density at radius 1 is 1.25 bits per heavy atom. The highest BCUT2D eigenvalue weighted by molar-refractivity contribution is 9.10. The summed E-state index contributed by atoms with van der Waals surface area (Å²) in [4.78, 5) is 0. The van der Waals surface area contributed by atoms with Gasteiger partial charge in [0.2, 0.25) is 0 Å². The summed E-state index contributed by atoms with van der Waals surface area (Å²) in [7, 11) is 0. The Balaban J connectivity index is 1.92. The van der Waals surface area contributed by atoms with Crippen molar-refractivity contribution >= 4 is 21.6 Å². The quantitative estimate of drug-likeness (QED) is 0.906. The minimum absolute atomic E-state index is 0.0771. The van der Waals surface area contributed by atoms with Gasteiger partial charge in [0.05, 0.1) is 30.5 Å². The third-order valence-corrected chi connectivity index (χ3v) is 3.90. The molecular weight excluding hydrogens is 316 g/mol. The van der Waals surface area contributed by atoms with Crippen molar-refractivity contribution < 1.29 is 4.74 Å². The van der Waals surface area contributed by atoms with Crippen LogP contribution in [0.1, 0.15) is 22.7 Å². The van der Waals surface area contributed by atoms with E-state index in [-0.39, 0.29) is 6.04 Å². The van der Waals surface area contributed by atoms with Crippen molar-refractivity contribution in [3.05, 3.63) is 63.6 Å². The van der Waals surface area contributed by atoms with Crippen molar-refractivity contribution in [1.29, 1.82) is 5.26 Å². The lowest BCUT2D eigenvalue weighted by molar-refractivity contribution is 0.0970. The first-order valence-electron chi connectivity index (χ1n) is 6.39. The van der Waals surface area contributed by atoms with E-state index < -0.39 is 0 Å². The van der Waals surface area contributed by atoms with Gasteiger partial charge < -0.3 is 10.1 Å². The van der Waals surface area contributed by atoms with E-state index in [0.717, 1.165) is 10.2 Å². The van der Waals surface area contributed by atoms with E-state index in [4.69, 9.17) is 4.74 Å². The lowest BCUT2D eigenvalue weighted by Crippen LogP contribution is -2.23. The molecule has 1 aliphatic rings. The third kappa shape index (κ3) is 2.55. The van der Waals surface area contributed by atoms with Gasteiger partial charge in [0.15, 0.2) is 0 Å². The highest BCUT2D eigenvalue weighted by Crippen LogP contribution is 2.30. The van der Waals surface area contributed by atoms with Crippen molar-refractivity contribution in [2.24, 2.45) is 0 Å². The van der Waals surface area contributed by atoms with Crippen molar-refractivity contribution in [1.82, 2.24) is 0 Å². The summed E-state index contributed by atoms with van der Waals surface area (Å²) in [5, 5.41) is 12.6. The van der Waals surface area contributed by atoms with Crippen LogP contribution in [0, 0.1) is 11.3 Å². The van der Waals surface area contributed by atoms with Crippen LogP contribution in [0.4, 0.5) is 5.69 Å². The molecular formula is C16H13BrN2O. The van der Waals surface area contributed by atoms with Crippen molar-refractivity contribution in [3.8, 4) is 6.07 Å². The maximum atomic E-state index is 9.23. The Labute approximate surface area is 126 Å². The number of anilines is 1. The molecule has 1 N–H and O–H groups in total. The molecule has 0 saturated carbocycles. The second-order valence-electron chi connectivity index (χ2n) is 4.71. The van der Waals surface area contributed by atoms with E-state index in [1.165, 1.54) is 11.1 Å². The Kier molecular flexibility index (Phi) is 3.72. The fourth-order valence-electron chi connectivity index (χ4n) is 2.42. The number of nitrogens with one attached hydrogen (secondary N) is 1. The lowest BCUT2D eigenvalue weighted by atomic mass is 9.98. The zero-order valence-electron chi connectivity index (χ0n) is 10.8. The predicted octanol–water partition coefficient (Wildman–Crippen LogP) is 4.00. The van der Waals surface area contributed by atoms with E-state index in [2.05, 4.69) is 39.4 Å². The summed E-state index contributed by atoms with van der Waals surface area (Å²) < 4.78 is 6.53. The van der Waals surface area contributed by atoms with Gasteiger partial charge in [-0.05, 0) is 29.3 Å². The second kappa shape index (κ2) is 5.66. The number of hydrogen-bond donors (Lipinski definition) is 1. The Hall–Kier alpha value is -1.83. The van der Waals surface area contributed by atoms with Crippen LogP contribution >= 0.6 is 15.9 Å². The van der Waals surface area contributed by atoms with Crippen LogP contribution in [-0.4, -0.2) is 6.61 Å². The standard InChI is InChI=1S/C16H13BrN2O/c17-13-5-6-15(12(7-13)8-18)19-16-10-20-9-11-3-1-2-4-14(11)16/h1-7,16,19H,9-10H2. The molecule has 4 heteroatoms. The van der Waals surface area contributed by atoms with Crippen LogP contribution in [-0.2, 0) is 11.3 Å². The summed E-state index contributed by atoms with van der Waals surface area (Å²) >= 11 is 3.38. The zero-order valence-corrected chi connectivity index (χ0v) is 12.4. The van der Waals surface area contributed by atoms with Crippen LogP contribution < -0.4 is 5.32 Å². The van der Waals surface area contributed by atoms with Gasteiger partial charge in [0.1, 0.15) is 6.07 Å². The minimum atomic E-state index is 0.0771. The Bertz CT molecular complexity index is 678. The molecule has 100 valence electrons. The van der Waals surface area contributed by atoms with E-state index >= 15 is 0 Å². The number of nitrogens with zero attached hydrogens (tertiary/aromatic N) is 1. The van der Waals surface area contributed by atoms with Gasteiger partial charge >= 0.3 is 0 Å². The molecule has 1 unspecified atom stereocenters. The van der Waals surface area contributed by atoms with Gasteiger partial charge in [-0.1, -0.05) is 40.2 Å². The molecule has 0 radical (unpaired) electrons. The summed E-state index contributed by atoms with van der Waals surface area (Å²) in [5.74, 6) is 0. The van der Waals surface area contributed by atoms with Gasteiger partial charge in [-0.2, -0.15) is 5.26 Å². The molecule has 0 aromatic heterocycles. The molecule has 2 aromatic rings. The second-order valence-corrected chi connectivity index (χ2v) is 5.63. The number of ether oxygens (including phenoxy) is 1. The molecule has 0 aliphatic carbocycles.